The predicted molar refractivity (Wildman–Crippen MR) is 65.7 cm³/mol. The number of carbonyl (C=O) groups is 2. The number of aldehydes is 1. The first-order valence-corrected chi connectivity index (χ1v) is 5.39. The van der Waals surface area contributed by atoms with E-state index in [1.165, 1.54) is 6.34 Å². The molecule has 0 fully saturated rings. The van der Waals surface area contributed by atoms with Crippen LogP contribution >= 0.6 is 0 Å². The van der Waals surface area contributed by atoms with Gasteiger partial charge in [0.1, 0.15) is 12.1 Å². The van der Waals surface area contributed by atoms with Crippen LogP contribution in [-0.2, 0) is 4.79 Å². The van der Waals surface area contributed by atoms with E-state index >= 15 is 0 Å². The van der Waals surface area contributed by atoms with E-state index in [2.05, 4.69) is 9.98 Å². The summed E-state index contributed by atoms with van der Waals surface area (Å²) >= 11 is 0. The molecule has 0 saturated carbocycles. The molecule has 1 aromatic rings. The molecule has 88 valence electrons. The van der Waals surface area contributed by atoms with Gasteiger partial charge in [-0.25, -0.2) is 4.99 Å². The fourth-order valence-electron chi connectivity index (χ4n) is 1.89. The predicted octanol–water partition coefficient (Wildman–Crippen LogP) is 1.82. The molecule has 5 nitrogen and oxygen atoms in total. The first-order chi connectivity index (χ1) is 8.78. The van der Waals surface area contributed by atoms with Crippen LogP contribution in [0, 0.1) is 0 Å². The molecule has 0 N–H and O–H groups in total. The zero-order chi connectivity index (χ0) is 12.5. The zero-order valence-electron chi connectivity index (χ0n) is 9.29. The average Bonchev–Trinajstić information content (AvgIpc) is 2.88. The van der Waals surface area contributed by atoms with E-state index in [9.17, 15) is 9.59 Å². The minimum absolute atomic E-state index is 0.261. The SMILES string of the molecule is O=Cc1ccc(C2=CCC3=NC=NC(=O)C3=C2)o1. The molecule has 0 aromatic carbocycles. The average molecular weight is 240 g/mol. The Balaban J connectivity index is 1.99. The first kappa shape index (κ1) is 10.6. The van der Waals surface area contributed by atoms with Crippen LogP contribution in [-0.4, -0.2) is 24.2 Å². The lowest BCUT2D eigenvalue weighted by Gasteiger charge is -2.14. The van der Waals surface area contributed by atoms with E-state index in [1.807, 2.05) is 6.08 Å². The molecule has 1 aliphatic heterocycles. The molecular formula is C13H8N2O3. The molecule has 1 aliphatic carbocycles. The Morgan fingerprint density at radius 3 is 3.00 bits per heavy atom. The lowest BCUT2D eigenvalue weighted by Crippen LogP contribution is -2.17. The highest BCUT2D eigenvalue weighted by atomic mass is 16.3. The summed E-state index contributed by atoms with van der Waals surface area (Å²) in [5, 5.41) is 0. The van der Waals surface area contributed by atoms with Crippen LogP contribution in [0.1, 0.15) is 22.7 Å². The van der Waals surface area contributed by atoms with E-state index in [0.29, 0.717) is 29.8 Å². The van der Waals surface area contributed by atoms with Crippen molar-refractivity contribution in [3.63, 3.8) is 0 Å². The minimum Gasteiger partial charge on any atom is -0.453 e. The molecular weight excluding hydrogens is 232 g/mol. The molecule has 1 amide bonds. The molecule has 0 spiro atoms. The van der Waals surface area contributed by atoms with Gasteiger partial charge in [-0.3, -0.25) is 9.59 Å². The Morgan fingerprint density at radius 2 is 2.22 bits per heavy atom. The van der Waals surface area contributed by atoms with E-state index in [0.717, 1.165) is 5.57 Å². The van der Waals surface area contributed by atoms with Gasteiger partial charge < -0.3 is 4.42 Å². The number of amides is 1. The van der Waals surface area contributed by atoms with E-state index in [-0.39, 0.29) is 11.7 Å². The van der Waals surface area contributed by atoms with Gasteiger partial charge in [-0.1, -0.05) is 6.08 Å². The highest BCUT2D eigenvalue weighted by molar-refractivity contribution is 6.28. The van der Waals surface area contributed by atoms with Gasteiger partial charge in [-0.15, -0.1) is 0 Å². The summed E-state index contributed by atoms with van der Waals surface area (Å²) in [6, 6.07) is 3.29. The lowest BCUT2D eigenvalue weighted by atomic mass is 9.95. The van der Waals surface area contributed by atoms with Gasteiger partial charge in [0.25, 0.3) is 5.91 Å². The third kappa shape index (κ3) is 1.66. The fraction of sp³-hybridized carbons (Fsp3) is 0.0769. The fourth-order valence-corrected chi connectivity index (χ4v) is 1.89. The number of furan rings is 1. The van der Waals surface area contributed by atoms with Crippen molar-refractivity contribution in [2.45, 2.75) is 6.42 Å². The minimum atomic E-state index is -0.298. The normalized spacial score (nSPS) is 17.8. The largest absolute Gasteiger partial charge is 0.453 e. The van der Waals surface area contributed by atoms with Crippen LogP contribution in [0.25, 0.3) is 5.57 Å². The number of rotatable bonds is 2. The molecule has 2 aliphatic rings. The first-order valence-electron chi connectivity index (χ1n) is 5.39. The second-order valence-electron chi connectivity index (χ2n) is 3.87. The van der Waals surface area contributed by atoms with Gasteiger partial charge in [0.05, 0.1) is 11.3 Å². The Hall–Kier alpha value is -2.56. The maximum atomic E-state index is 11.6. The lowest BCUT2D eigenvalue weighted by molar-refractivity contribution is -0.113. The highest BCUT2D eigenvalue weighted by Crippen LogP contribution is 2.26. The van der Waals surface area contributed by atoms with Crippen molar-refractivity contribution in [1.29, 1.82) is 0 Å². The summed E-state index contributed by atoms with van der Waals surface area (Å²) in [6.45, 7) is 0. The van der Waals surface area contributed by atoms with Gasteiger partial charge in [0.15, 0.2) is 12.0 Å². The number of fused-ring (bicyclic) bond motifs is 1. The highest BCUT2D eigenvalue weighted by Gasteiger charge is 2.22. The monoisotopic (exact) mass is 240 g/mol. The molecule has 0 bridgehead atoms. The molecule has 0 radical (unpaired) electrons. The summed E-state index contributed by atoms with van der Waals surface area (Å²) < 4.78 is 5.32. The Kier molecular flexibility index (Phi) is 2.37. The van der Waals surface area contributed by atoms with Crippen LogP contribution in [0.2, 0.25) is 0 Å². The van der Waals surface area contributed by atoms with Gasteiger partial charge in [0.2, 0.25) is 0 Å². The maximum Gasteiger partial charge on any atom is 0.280 e. The molecule has 18 heavy (non-hydrogen) atoms. The van der Waals surface area contributed by atoms with Crippen molar-refractivity contribution in [3.8, 4) is 0 Å². The third-order valence-electron chi connectivity index (χ3n) is 2.77. The van der Waals surface area contributed by atoms with Crippen LogP contribution in [0.5, 0.6) is 0 Å². The molecule has 0 unspecified atom stereocenters. The number of aliphatic imine (C=N–C) groups is 2. The molecule has 1 aromatic heterocycles. The molecule has 0 atom stereocenters. The maximum absolute atomic E-state index is 11.6. The number of carbonyl (C=O) groups excluding carboxylic acids is 2. The van der Waals surface area contributed by atoms with Gasteiger partial charge in [-0.05, 0) is 18.2 Å². The van der Waals surface area contributed by atoms with E-state index < -0.39 is 0 Å². The van der Waals surface area contributed by atoms with Crippen molar-refractivity contribution in [2.75, 3.05) is 0 Å². The van der Waals surface area contributed by atoms with Crippen LogP contribution in [0.4, 0.5) is 0 Å². The molecule has 3 rings (SSSR count). The van der Waals surface area contributed by atoms with Crippen molar-refractivity contribution in [3.05, 3.63) is 41.4 Å². The molecule has 5 heteroatoms. The number of hydrogen-bond acceptors (Lipinski definition) is 4. The Bertz CT molecular complexity index is 660. The third-order valence-corrected chi connectivity index (χ3v) is 2.77. The second-order valence-corrected chi connectivity index (χ2v) is 3.87. The van der Waals surface area contributed by atoms with E-state index in [4.69, 9.17) is 4.42 Å². The van der Waals surface area contributed by atoms with E-state index in [1.54, 1.807) is 18.2 Å². The van der Waals surface area contributed by atoms with Crippen molar-refractivity contribution in [1.82, 2.24) is 0 Å². The van der Waals surface area contributed by atoms with Crippen LogP contribution in [0.15, 0.2) is 44.3 Å². The Morgan fingerprint density at radius 1 is 1.33 bits per heavy atom. The van der Waals surface area contributed by atoms with Crippen molar-refractivity contribution in [2.24, 2.45) is 9.98 Å². The van der Waals surface area contributed by atoms with Crippen molar-refractivity contribution < 1.29 is 14.0 Å². The summed E-state index contributed by atoms with van der Waals surface area (Å²) in [7, 11) is 0. The standard InChI is InChI=1S/C13H8N2O3/c16-6-9-2-4-12(18-9)8-1-3-11-10(5-8)13(17)15-7-14-11/h1-2,4-7H,3H2. The summed E-state index contributed by atoms with van der Waals surface area (Å²) in [4.78, 5) is 29.9. The van der Waals surface area contributed by atoms with Gasteiger partial charge in [-0.2, -0.15) is 4.99 Å². The topological polar surface area (TPSA) is 72.0 Å². The molecule has 0 saturated heterocycles. The zero-order valence-corrected chi connectivity index (χ0v) is 9.29. The Labute approximate surface area is 102 Å². The summed E-state index contributed by atoms with van der Waals surface area (Å²) in [6.07, 6.45) is 6.06. The van der Waals surface area contributed by atoms with Gasteiger partial charge >= 0.3 is 0 Å². The van der Waals surface area contributed by atoms with Gasteiger partial charge in [0, 0.05) is 12.0 Å². The quantitative estimate of drug-likeness (QED) is 0.740. The summed E-state index contributed by atoms with van der Waals surface area (Å²) in [5.41, 5.74) is 1.96. The van der Waals surface area contributed by atoms with Crippen LogP contribution < -0.4 is 0 Å². The number of allylic oxidation sites excluding steroid dienone is 3. The van der Waals surface area contributed by atoms with Crippen LogP contribution in [0.3, 0.4) is 0 Å². The number of hydrogen-bond donors (Lipinski definition) is 0. The second kappa shape index (κ2) is 4.03. The van der Waals surface area contributed by atoms with Crippen molar-refractivity contribution >= 4 is 29.8 Å². The summed E-state index contributed by atoms with van der Waals surface area (Å²) in [5.74, 6) is 0.524. The smallest absolute Gasteiger partial charge is 0.280 e. The molecule has 2 heterocycles. The number of nitrogens with zero attached hydrogens (tertiary/aromatic N) is 2.